The number of carbonyl (C=O) groups is 2. The molecule has 0 radical (unpaired) electrons. The number of benzene rings is 1. The van der Waals surface area contributed by atoms with Crippen LogP contribution in [0.15, 0.2) is 47.1 Å². The fraction of sp³-hybridized carbons (Fsp3) is 0.333. The maximum Gasteiger partial charge on any atom is 0.243 e. The Bertz CT molecular complexity index is 700. The quantitative estimate of drug-likeness (QED) is 0.765. The molecule has 0 bridgehead atoms. The molecule has 1 heterocycles. The SMILES string of the molecule is COc1cccc(NC(=O)CN(C)C(=O)CN[C@H](C)c2ccco2)c1. The largest absolute Gasteiger partial charge is 0.497 e. The number of hydrogen-bond donors (Lipinski definition) is 2. The van der Waals surface area contributed by atoms with Crippen LogP contribution in [0.5, 0.6) is 5.75 Å². The summed E-state index contributed by atoms with van der Waals surface area (Å²) in [5, 5.41) is 5.81. The van der Waals surface area contributed by atoms with E-state index < -0.39 is 0 Å². The number of rotatable bonds is 8. The summed E-state index contributed by atoms with van der Waals surface area (Å²) in [5.74, 6) is 0.951. The van der Waals surface area contributed by atoms with Gasteiger partial charge in [-0.1, -0.05) is 6.07 Å². The van der Waals surface area contributed by atoms with Gasteiger partial charge >= 0.3 is 0 Å². The number of nitrogens with zero attached hydrogens (tertiary/aromatic N) is 1. The average Bonchev–Trinajstić information content (AvgIpc) is 3.14. The molecule has 0 spiro atoms. The molecule has 7 heteroatoms. The lowest BCUT2D eigenvalue weighted by atomic mass is 10.2. The van der Waals surface area contributed by atoms with Crippen molar-refractivity contribution in [1.29, 1.82) is 0 Å². The van der Waals surface area contributed by atoms with E-state index in [0.29, 0.717) is 11.4 Å². The van der Waals surface area contributed by atoms with Crippen molar-refractivity contribution >= 4 is 17.5 Å². The molecule has 2 N–H and O–H groups in total. The van der Waals surface area contributed by atoms with Crippen molar-refractivity contribution in [1.82, 2.24) is 10.2 Å². The van der Waals surface area contributed by atoms with Crippen LogP contribution >= 0.6 is 0 Å². The lowest BCUT2D eigenvalue weighted by Gasteiger charge is -2.18. The molecular formula is C18H23N3O4. The Morgan fingerprint density at radius 1 is 1.28 bits per heavy atom. The normalized spacial score (nSPS) is 11.6. The Labute approximate surface area is 146 Å². The molecule has 1 aromatic heterocycles. The topological polar surface area (TPSA) is 83.8 Å². The number of nitrogens with one attached hydrogen (secondary N) is 2. The molecule has 2 amide bonds. The third-order valence-corrected chi connectivity index (χ3v) is 3.69. The fourth-order valence-electron chi connectivity index (χ4n) is 2.22. The van der Waals surface area contributed by atoms with Crippen molar-refractivity contribution in [2.24, 2.45) is 0 Å². The lowest BCUT2D eigenvalue weighted by Crippen LogP contribution is -2.40. The van der Waals surface area contributed by atoms with Crippen molar-refractivity contribution in [3.8, 4) is 5.75 Å². The highest BCUT2D eigenvalue weighted by Crippen LogP contribution is 2.16. The van der Waals surface area contributed by atoms with Gasteiger partial charge in [0, 0.05) is 18.8 Å². The summed E-state index contributed by atoms with van der Waals surface area (Å²) >= 11 is 0. The van der Waals surface area contributed by atoms with Gasteiger partial charge in [-0.3, -0.25) is 14.9 Å². The Balaban J connectivity index is 1.78. The van der Waals surface area contributed by atoms with Crippen molar-refractivity contribution in [2.75, 3.05) is 32.6 Å². The number of amides is 2. The van der Waals surface area contributed by atoms with Crippen LogP contribution in [0.4, 0.5) is 5.69 Å². The van der Waals surface area contributed by atoms with E-state index in [4.69, 9.17) is 9.15 Å². The Morgan fingerprint density at radius 3 is 2.76 bits per heavy atom. The van der Waals surface area contributed by atoms with Gasteiger partial charge in [0.15, 0.2) is 0 Å². The molecule has 2 aromatic rings. The van der Waals surface area contributed by atoms with Crippen molar-refractivity contribution < 1.29 is 18.7 Å². The van der Waals surface area contributed by atoms with Crippen LogP contribution < -0.4 is 15.4 Å². The first-order chi connectivity index (χ1) is 12.0. The minimum Gasteiger partial charge on any atom is -0.497 e. The second kappa shape index (κ2) is 8.89. The van der Waals surface area contributed by atoms with Gasteiger partial charge in [0.25, 0.3) is 0 Å². The third kappa shape index (κ3) is 5.65. The minimum atomic E-state index is -0.275. The number of ether oxygens (including phenoxy) is 1. The van der Waals surface area contributed by atoms with E-state index in [0.717, 1.165) is 5.76 Å². The second-order valence-corrected chi connectivity index (χ2v) is 5.65. The molecule has 0 aliphatic heterocycles. The van der Waals surface area contributed by atoms with Crippen LogP contribution in [0.2, 0.25) is 0 Å². The van der Waals surface area contributed by atoms with E-state index >= 15 is 0 Å². The van der Waals surface area contributed by atoms with Gasteiger partial charge in [-0.25, -0.2) is 0 Å². The maximum atomic E-state index is 12.1. The third-order valence-electron chi connectivity index (χ3n) is 3.69. The highest BCUT2D eigenvalue weighted by atomic mass is 16.5. The Hall–Kier alpha value is -2.80. The number of anilines is 1. The zero-order valence-corrected chi connectivity index (χ0v) is 14.6. The van der Waals surface area contributed by atoms with Crippen LogP contribution in [0, 0.1) is 0 Å². The van der Waals surface area contributed by atoms with Gasteiger partial charge in [-0.05, 0) is 31.2 Å². The van der Waals surface area contributed by atoms with Crippen molar-refractivity contribution in [3.05, 3.63) is 48.4 Å². The number of hydrogen-bond acceptors (Lipinski definition) is 5. The van der Waals surface area contributed by atoms with Gasteiger partial charge in [0.2, 0.25) is 11.8 Å². The molecule has 0 fully saturated rings. The van der Waals surface area contributed by atoms with Crippen molar-refractivity contribution in [3.63, 3.8) is 0 Å². The smallest absolute Gasteiger partial charge is 0.243 e. The summed E-state index contributed by atoms with van der Waals surface area (Å²) < 4.78 is 10.4. The highest BCUT2D eigenvalue weighted by molar-refractivity contribution is 5.94. The van der Waals surface area contributed by atoms with E-state index in [1.54, 1.807) is 50.8 Å². The molecule has 0 saturated carbocycles. The van der Waals surface area contributed by atoms with E-state index in [2.05, 4.69) is 10.6 Å². The number of furan rings is 1. The van der Waals surface area contributed by atoms with E-state index in [1.807, 2.05) is 13.0 Å². The molecule has 25 heavy (non-hydrogen) atoms. The zero-order valence-electron chi connectivity index (χ0n) is 14.6. The molecule has 7 nitrogen and oxygen atoms in total. The summed E-state index contributed by atoms with van der Waals surface area (Å²) in [6, 6.07) is 10.6. The second-order valence-electron chi connectivity index (χ2n) is 5.65. The fourth-order valence-corrected chi connectivity index (χ4v) is 2.22. The molecule has 1 atom stereocenters. The summed E-state index contributed by atoms with van der Waals surface area (Å²) in [6.07, 6.45) is 1.59. The first-order valence-electron chi connectivity index (χ1n) is 7.94. The molecule has 0 saturated heterocycles. The lowest BCUT2D eigenvalue weighted by molar-refractivity contribution is -0.132. The van der Waals surface area contributed by atoms with Crippen LogP contribution in [0.3, 0.4) is 0 Å². The van der Waals surface area contributed by atoms with Crippen LogP contribution in [0.1, 0.15) is 18.7 Å². The van der Waals surface area contributed by atoms with Crippen LogP contribution in [-0.2, 0) is 9.59 Å². The minimum absolute atomic E-state index is 0.0349. The van der Waals surface area contributed by atoms with Gasteiger partial charge in [0.05, 0.1) is 32.5 Å². The first-order valence-corrected chi connectivity index (χ1v) is 7.94. The molecule has 0 aliphatic rings. The first kappa shape index (κ1) is 18.5. The summed E-state index contributed by atoms with van der Waals surface area (Å²) in [5.41, 5.74) is 0.620. The molecule has 2 rings (SSSR count). The van der Waals surface area contributed by atoms with E-state index in [9.17, 15) is 9.59 Å². The molecular weight excluding hydrogens is 322 g/mol. The van der Waals surface area contributed by atoms with E-state index in [-0.39, 0.29) is 30.9 Å². The van der Waals surface area contributed by atoms with E-state index in [1.165, 1.54) is 4.90 Å². The Morgan fingerprint density at radius 2 is 2.08 bits per heavy atom. The summed E-state index contributed by atoms with van der Waals surface area (Å²) in [7, 11) is 3.15. The number of likely N-dealkylation sites (N-methyl/N-ethyl adjacent to an activating group) is 1. The predicted octanol–water partition coefficient (Wildman–Crippen LogP) is 2.04. The molecule has 1 aromatic carbocycles. The van der Waals surface area contributed by atoms with Crippen LogP contribution in [0.25, 0.3) is 0 Å². The molecule has 0 aliphatic carbocycles. The number of methoxy groups -OCH3 is 1. The average molecular weight is 345 g/mol. The standard InChI is InChI=1S/C18H23N3O4/c1-13(16-8-5-9-25-16)19-11-18(23)21(2)12-17(22)20-14-6-4-7-15(10-14)24-3/h4-10,13,19H,11-12H2,1-3H3,(H,20,22)/t13-/m1/s1. The maximum absolute atomic E-state index is 12.1. The number of carbonyl (C=O) groups excluding carboxylic acids is 2. The Kier molecular flexibility index (Phi) is 6.59. The van der Waals surface area contributed by atoms with Gasteiger partial charge in [-0.15, -0.1) is 0 Å². The van der Waals surface area contributed by atoms with Gasteiger partial charge in [0.1, 0.15) is 11.5 Å². The van der Waals surface area contributed by atoms with Crippen LogP contribution in [-0.4, -0.2) is 44.0 Å². The van der Waals surface area contributed by atoms with Gasteiger partial charge in [-0.2, -0.15) is 0 Å². The summed E-state index contributed by atoms with van der Waals surface area (Å²) in [6.45, 7) is 1.99. The van der Waals surface area contributed by atoms with Crippen molar-refractivity contribution in [2.45, 2.75) is 13.0 Å². The molecule has 0 unspecified atom stereocenters. The summed E-state index contributed by atoms with van der Waals surface area (Å²) in [4.78, 5) is 25.6. The zero-order chi connectivity index (χ0) is 18.2. The van der Waals surface area contributed by atoms with Gasteiger partial charge < -0.3 is 19.4 Å². The molecule has 134 valence electrons. The predicted molar refractivity (Wildman–Crippen MR) is 94.4 cm³/mol. The highest BCUT2D eigenvalue weighted by Gasteiger charge is 2.15. The monoisotopic (exact) mass is 345 g/mol.